The molecule has 1 atom stereocenters. The molecular formula is C29H36ClF3N4O4. The van der Waals surface area contributed by atoms with Crippen molar-refractivity contribution in [3.05, 3.63) is 52.7 Å². The standard InChI is InChI=1S/C29H36ClF3N4O4/c1-35(2)26(38)23-11-12-24(34-25(23)30)37-16-13-19(14-17-37)6-5-15-36(3)27(39)28(40,29(31,32)33)20-7-4-8-22(18-20)41-21-9-10-21/h4,7-8,11-12,18-19,21,40H,5-6,9-10,13-17H2,1-3H3. The van der Waals surface area contributed by atoms with Gasteiger partial charge in [-0.2, -0.15) is 13.2 Å². The molecular weight excluding hydrogens is 561 g/mol. The molecule has 1 saturated heterocycles. The maximum absolute atomic E-state index is 14.1. The number of anilines is 1. The van der Waals surface area contributed by atoms with Crippen LogP contribution in [0.1, 0.15) is 54.4 Å². The third-order valence-electron chi connectivity index (χ3n) is 7.66. The molecule has 2 heterocycles. The Balaban J connectivity index is 1.30. The molecule has 1 aliphatic carbocycles. The molecule has 41 heavy (non-hydrogen) atoms. The van der Waals surface area contributed by atoms with E-state index in [-0.39, 0.29) is 29.5 Å². The monoisotopic (exact) mass is 596 g/mol. The van der Waals surface area contributed by atoms with Gasteiger partial charge in [-0.3, -0.25) is 9.59 Å². The van der Waals surface area contributed by atoms with Crippen molar-refractivity contribution >= 4 is 29.2 Å². The van der Waals surface area contributed by atoms with Crippen molar-refractivity contribution in [3.8, 4) is 5.75 Å². The molecule has 0 radical (unpaired) electrons. The molecule has 0 bridgehead atoms. The second kappa shape index (κ2) is 12.4. The number of rotatable bonds is 10. The highest BCUT2D eigenvalue weighted by Gasteiger charge is 2.61. The van der Waals surface area contributed by atoms with Crippen LogP contribution in [-0.4, -0.2) is 84.8 Å². The summed E-state index contributed by atoms with van der Waals surface area (Å²) < 4.78 is 48.0. The normalized spacial score (nSPS) is 17.6. The number of ether oxygens (including phenoxy) is 1. The second-order valence-corrected chi connectivity index (χ2v) is 11.4. The Bertz CT molecular complexity index is 1250. The van der Waals surface area contributed by atoms with Gasteiger partial charge in [0.15, 0.2) is 0 Å². The van der Waals surface area contributed by atoms with Crippen LogP contribution < -0.4 is 9.64 Å². The number of likely N-dealkylation sites (N-methyl/N-ethyl adjacent to an activating group) is 1. The number of carbonyl (C=O) groups is 2. The predicted octanol–water partition coefficient (Wildman–Crippen LogP) is 4.88. The summed E-state index contributed by atoms with van der Waals surface area (Å²) in [6.07, 6.45) is -0.688. The van der Waals surface area contributed by atoms with Crippen molar-refractivity contribution in [3.63, 3.8) is 0 Å². The minimum atomic E-state index is -5.21. The lowest BCUT2D eigenvalue weighted by Crippen LogP contribution is -2.55. The van der Waals surface area contributed by atoms with Crippen molar-refractivity contribution in [2.24, 2.45) is 5.92 Å². The zero-order valence-corrected chi connectivity index (χ0v) is 24.2. The van der Waals surface area contributed by atoms with E-state index >= 15 is 0 Å². The topological polar surface area (TPSA) is 86.2 Å². The number of hydrogen-bond acceptors (Lipinski definition) is 6. The van der Waals surface area contributed by atoms with E-state index < -0.39 is 23.2 Å². The smallest absolute Gasteiger partial charge is 0.430 e. The van der Waals surface area contributed by atoms with Crippen LogP contribution in [0.4, 0.5) is 19.0 Å². The zero-order valence-electron chi connectivity index (χ0n) is 23.5. The van der Waals surface area contributed by atoms with Gasteiger partial charge in [-0.25, -0.2) is 4.98 Å². The average Bonchev–Trinajstić information content (AvgIpc) is 3.75. The molecule has 224 valence electrons. The fraction of sp³-hybridized carbons (Fsp3) is 0.552. The molecule has 1 unspecified atom stereocenters. The van der Waals surface area contributed by atoms with E-state index in [0.717, 1.165) is 62.2 Å². The number of benzene rings is 1. The van der Waals surface area contributed by atoms with E-state index in [1.165, 1.54) is 24.1 Å². The molecule has 2 amide bonds. The largest absolute Gasteiger partial charge is 0.490 e. The lowest BCUT2D eigenvalue weighted by molar-refractivity contribution is -0.261. The Morgan fingerprint density at radius 2 is 1.78 bits per heavy atom. The lowest BCUT2D eigenvalue weighted by atomic mass is 9.90. The van der Waals surface area contributed by atoms with Crippen LogP contribution in [0.5, 0.6) is 5.75 Å². The molecule has 8 nitrogen and oxygen atoms in total. The minimum Gasteiger partial charge on any atom is -0.490 e. The van der Waals surface area contributed by atoms with E-state index in [2.05, 4.69) is 9.88 Å². The summed E-state index contributed by atoms with van der Waals surface area (Å²) in [6, 6.07) is 8.52. The lowest BCUT2D eigenvalue weighted by Gasteiger charge is -2.34. The molecule has 0 spiro atoms. The van der Waals surface area contributed by atoms with Gasteiger partial charge in [0.05, 0.1) is 11.7 Å². The van der Waals surface area contributed by atoms with E-state index in [9.17, 15) is 27.9 Å². The van der Waals surface area contributed by atoms with Crippen molar-refractivity contribution in [1.29, 1.82) is 0 Å². The highest BCUT2D eigenvalue weighted by atomic mass is 35.5. The van der Waals surface area contributed by atoms with Crippen LogP contribution >= 0.6 is 11.6 Å². The summed E-state index contributed by atoms with van der Waals surface area (Å²) in [5.74, 6) is -0.418. The first-order valence-corrected chi connectivity index (χ1v) is 14.1. The van der Waals surface area contributed by atoms with Crippen molar-refractivity contribution in [2.45, 2.75) is 56.4 Å². The first-order valence-electron chi connectivity index (χ1n) is 13.8. The summed E-state index contributed by atoms with van der Waals surface area (Å²) in [4.78, 5) is 34.1. The fourth-order valence-electron chi connectivity index (χ4n) is 5.03. The summed E-state index contributed by atoms with van der Waals surface area (Å²) in [7, 11) is 4.57. The fourth-order valence-corrected chi connectivity index (χ4v) is 5.26. The number of halogens is 4. The zero-order chi connectivity index (χ0) is 29.9. The van der Waals surface area contributed by atoms with Crippen LogP contribution in [0.2, 0.25) is 5.15 Å². The Hall–Kier alpha value is -3.05. The van der Waals surface area contributed by atoms with Crippen LogP contribution in [0.3, 0.4) is 0 Å². The Morgan fingerprint density at radius 3 is 2.37 bits per heavy atom. The van der Waals surface area contributed by atoms with Crippen LogP contribution in [0.15, 0.2) is 36.4 Å². The number of piperidine rings is 1. The minimum absolute atomic E-state index is 0.0390. The third-order valence-corrected chi connectivity index (χ3v) is 7.95. The first-order chi connectivity index (χ1) is 19.3. The predicted molar refractivity (Wildman–Crippen MR) is 149 cm³/mol. The van der Waals surface area contributed by atoms with Gasteiger partial charge >= 0.3 is 6.18 Å². The number of carbonyl (C=O) groups excluding carboxylic acids is 2. The van der Waals surface area contributed by atoms with E-state index in [0.29, 0.717) is 23.7 Å². The van der Waals surface area contributed by atoms with Crippen molar-refractivity contribution in [1.82, 2.24) is 14.8 Å². The first kappa shape index (κ1) is 30.9. The summed E-state index contributed by atoms with van der Waals surface area (Å²) in [5, 5.41) is 10.9. The van der Waals surface area contributed by atoms with E-state index in [1.807, 2.05) is 0 Å². The number of amides is 2. The van der Waals surface area contributed by atoms with Gasteiger partial charge in [0, 0.05) is 46.3 Å². The number of alkyl halides is 3. The van der Waals surface area contributed by atoms with Crippen LogP contribution in [0.25, 0.3) is 0 Å². The maximum atomic E-state index is 14.1. The van der Waals surface area contributed by atoms with Gasteiger partial charge in [-0.05, 0) is 68.7 Å². The maximum Gasteiger partial charge on any atom is 0.430 e. The quantitative estimate of drug-likeness (QED) is 0.394. The number of pyridine rings is 1. The van der Waals surface area contributed by atoms with Gasteiger partial charge in [-0.1, -0.05) is 23.7 Å². The van der Waals surface area contributed by atoms with Crippen LogP contribution in [0, 0.1) is 5.92 Å². The van der Waals surface area contributed by atoms with Gasteiger partial charge in [-0.15, -0.1) is 0 Å². The van der Waals surface area contributed by atoms with E-state index in [1.54, 1.807) is 26.2 Å². The highest BCUT2D eigenvalue weighted by molar-refractivity contribution is 6.32. The summed E-state index contributed by atoms with van der Waals surface area (Å²) >= 11 is 6.26. The van der Waals surface area contributed by atoms with Crippen LogP contribution in [-0.2, 0) is 10.4 Å². The summed E-state index contributed by atoms with van der Waals surface area (Å²) in [6.45, 7) is 1.52. The molecule has 1 aromatic heterocycles. The second-order valence-electron chi connectivity index (χ2n) is 11.1. The Labute approximate surface area is 243 Å². The number of hydrogen-bond donors (Lipinski definition) is 1. The molecule has 2 aromatic rings. The Kier molecular flexibility index (Phi) is 9.38. The molecule has 1 aromatic carbocycles. The molecule has 2 fully saturated rings. The van der Waals surface area contributed by atoms with Gasteiger partial charge in [0.25, 0.3) is 17.4 Å². The number of nitrogens with zero attached hydrogens (tertiary/aromatic N) is 4. The molecule has 2 aliphatic rings. The number of aromatic nitrogens is 1. The SMILES string of the molecule is CN(C)C(=O)c1ccc(N2CCC(CCCN(C)C(=O)C(O)(c3cccc(OC4CC4)c3)C(F)(F)F)CC2)nc1Cl. The number of aliphatic hydroxyl groups is 1. The van der Waals surface area contributed by atoms with Crippen molar-refractivity contribution < 1.29 is 32.6 Å². The van der Waals surface area contributed by atoms with Gasteiger partial charge in [0.2, 0.25) is 0 Å². The Morgan fingerprint density at radius 1 is 1.10 bits per heavy atom. The summed E-state index contributed by atoms with van der Waals surface area (Å²) in [5.41, 5.74) is -3.89. The van der Waals surface area contributed by atoms with Crippen molar-refractivity contribution in [2.75, 3.05) is 45.7 Å². The van der Waals surface area contributed by atoms with Gasteiger partial charge in [0.1, 0.15) is 16.7 Å². The third kappa shape index (κ3) is 7.06. The van der Waals surface area contributed by atoms with Gasteiger partial charge < -0.3 is 24.5 Å². The molecule has 12 heteroatoms. The molecule has 4 rings (SSSR count). The highest BCUT2D eigenvalue weighted by Crippen LogP contribution is 2.42. The molecule has 1 N–H and O–H groups in total. The van der Waals surface area contributed by atoms with E-state index in [4.69, 9.17) is 16.3 Å². The molecule has 1 aliphatic heterocycles. The molecule has 1 saturated carbocycles. The average molecular weight is 597 g/mol.